The van der Waals surface area contributed by atoms with Gasteiger partial charge in [0.2, 0.25) is 5.91 Å². The zero-order valence-corrected chi connectivity index (χ0v) is 10.0. The molecule has 1 rings (SSSR count). The highest BCUT2D eigenvalue weighted by molar-refractivity contribution is 7.13. The fourth-order valence-corrected chi connectivity index (χ4v) is 1.64. The Morgan fingerprint density at radius 2 is 2.47 bits per heavy atom. The molecule has 0 unspecified atom stereocenters. The number of amides is 1. The van der Waals surface area contributed by atoms with Gasteiger partial charge in [-0.3, -0.25) is 4.79 Å². The van der Waals surface area contributed by atoms with Crippen molar-refractivity contribution < 1.29 is 4.79 Å². The van der Waals surface area contributed by atoms with Gasteiger partial charge < -0.3 is 10.2 Å². The Kier molecular flexibility index (Phi) is 5.10. The second kappa shape index (κ2) is 6.40. The van der Waals surface area contributed by atoms with Crippen molar-refractivity contribution in [1.29, 1.82) is 0 Å². The lowest BCUT2D eigenvalue weighted by molar-refractivity contribution is -0.128. The molecule has 1 aromatic rings. The molecular formula is C10H17N3OS. The SMILES string of the molecule is CCCCN(C)C(=O)CNc1nccs1. The molecule has 0 radical (unpaired) electrons. The molecule has 1 heterocycles. The highest BCUT2D eigenvalue weighted by Gasteiger charge is 2.07. The number of carbonyl (C=O) groups excluding carboxylic acids is 1. The highest BCUT2D eigenvalue weighted by atomic mass is 32.1. The summed E-state index contributed by atoms with van der Waals surface area (Å²) in [7, 11) is 1.83. The molecule has 0 saturated carbocycles. The zero-order chi connectivity index (χ0) is 11.1. The van der Waals surface area contributed by atoms with Crippen LogP contribution >= 0.6 is 11.3 Å². The number of carbonyl (C=O) groups is 1. The molecule has 0 aliphatic heterocycles. The van der Waals surface area contributed by atoms with Crippen LogP contribution in [-0.4, -0.2) is 35.9 Å². The lowest BCUT2D eigenvalue weighted by Crippen LogP contribution is -2.32. The molecule has 4 nitrogen and oxygen atoms in total. The second-order valence-corrected chi connectivity index (χ2v) is 4.25. The van der Waals surface area contributed by atoms with Gasteiger partial charge in [0, 0.05) is 25.2 Å². The van der Waals surface area contributed by atoms with Gasteiger partial charge >= 0.3 is 0 Å². The van der Waals surface area contributed by atoms with E-state index in [-0.39, 0.29) is 5.91 Å². The van der Waals surface area contributed by atoms with E-state index in [1.54, 1.807) is 11.1 Å². The molecule has 0 fully saturated rings. The Hall–Kier alpha value is -1.10. The Balaban J connectivity index is 2.23. The molecule has 1 aromatic heterocycles. The van der Waals surface area contributed by atoms with E-state index < -0.39 is 0 Å². The number of hydrogen-bond acceptors (Lipinski definition) is 4. The third kappa shape index (κ3) is 4.29. The van der Waals surface area contributed by atoms with Crippen LogP contribution in [0.5, 0.6) is 0 Å². The van der Waals surface area contributed by atoms with Gasteiger partial charge in [-0.25, -0.2) is 4.98 Å². The highest BCUT2D eigenvalue weighted by Crippen LogP contribution is 2.09. The number of rotatable bonds is 6. The molecule has 0 bridgehead atoms. The summed E-state index contributed by atoms with van der Waals surface area (Å²) in [6, 6.07) is 0. The molecule has 0 spiro atoms. The first kappa shape index (κ1) is 12.0. The first-order chi connectivity index (χ1) is 7.24. The fraction of sp³-hybridized carbons (Fsp3) is 0.600. The number of likely N-dealkylation sites (N-methyl/N-ethyl adjacent to an activating group) is 1. The minimum absolute atomic E-state index is 0.110. The predicted molar refractivity (Wildman–Crippen MR) is 63.1 cm³/mol. The van der Waals surface area contributed by atoms with Crippen molar-refractivity contribution in [3.63, 3.8) is 0 Å². The molecule has 0 aliphatic carbocycles. The Labute approximate surface area is 94.3 Å². The first-order valence-corrected chi connectivity index (χ1v) is 5.99. The van der Waals surface area contributed by atoms with Crippen LogP contribution in [0.15, 0.2) is 11.6 Å². The number of aromatic nitrogens is 1. The molecule has 5 heteroatoms. The van der Waals surface area contributed by atoms with E-state index in [1.165, 1.54) is 11.3 Å². The Morgan fingerprint density at radius 3 is 3.07 bits per heavy atom. The summed E-state index contributed by atoms with van der Waals surface area (Å²) in [5.41, 5.74) is 0. The Bertz CT molecular complexity index is 287. The quantitative estimate of drug-likeness (QED) is 0.806. The van der Waals surface area contributed by atoms with Crippen molar-refractivity contribution in [2.45, 2.75) is 19.8 Å². The van der Waals surface area contributed by atoms with Crippen molar-refractivity contribution in [2.24, 2.45) is 0 Å². The van der Waals surface area contributed by atoms with E-state index in [1.807, 2.05) is 12.4 Å². The second-order valence-electron chi connectivity index (χ2n) is 3.36. The zero-order valence-electron chi connectivity index (χ0n) is 9.19. The van der Waals surface area contributed by atoms with Crippen LogP contribution in [-0.2, 0) is 4.79 Å². The maximum atomic E-state index is 11.6. The van der Waals surface area contributed by atoms with Crippen LogP contribution in [0.4, 0.5) is 5.13 Å². The number of hydrogen-bond donors (Lipinski definition) is 1. The van der Waals surface area contributed by atoms with Gasteiger partial charge in [-0.15, -0.1) is 11.3 Å². The van der Waals surface area contributed by atoms with Crippen LogP contribution < -0.4 is 5.32 Å². The normalized spacial score (nSPS) is 10.0. The third-order valence-corrected chi connectivity index (χ3v) is 2.83. The summed E-state index contributed by atoms with van der Waals surface area (Å²) in [5, 5.41) is 5.68. The maximum absolute atomic E-state index is 11.6. The summed E-state index contributed by atoms with van der Waals surface area (Å²) < 4.78 is 0. The molecule has 0 atom stereocenters. The van der Waals surface area contributed by atoms with Gasteiger partial charge in [0.1, 0.15) is 0 Å². The lowest BCUT2D eigenvalue weighted by Gasteiger charge is -2.16. The smallest absolute Gasteiger partial charge is 0.241 e. The summed E-state index contributed by atoms with van der Waals surface area (Å²) in [4.78, 5) is 17.4. The van der Waals surface area contributed by atoms with E-state index in [4.69, 9.17) is 0 Å². The van der Waals surface area contributed by atoms with Gasteiger partial charge in [0.05, 0.1) is 6.54 Å². The number of nitrogens with zero attached hydrogens (tertiary/aromatic N) is 2. The van der Waals surface area contributed by atoms with E-state index in [0.29, 0.717) is 6.54 Å². The molecule has 0 aromatic carbocycles. The molecule has 84 valence electrons. The van der Waals surface area contributed by atoms with Crippen molar-refractivity contribution in [1.82, 2.24) is 9.88 Å². The molecule has 1 amide bonds. The monoisotopic (exact) mass is 227 g/mol. The van der Waals surface area contributed by atoms with Crippen LogP contribution in [0.3, 0.4) is 0 Å². The van der Waals surface area contributed by atoms with Gasteiger partial charge in [-0.1, -0.05) is 13.3 Å². The molecular weight excluding hydrogens is 210 g/mol. The van der Waals surface area contributed by atoms with E-state index in [2.05, 4.69) is 17.2 Å². The molecule has 15 heavy (non-hydrogen) atoms. The summed E-state index contributed by atoms with van der Waals surface area (Å²) in [6.45, 7) is 3.27. The Morgan fingerprint density at radius 1 is 1.67 bits per heavy atom. The first-order valence-electron chi connectivity index (χ1n) is 5.11. The number of nitrogens with one attached hydrogen (secondary N) is 1. The number of unbranched alkanes of at least 4 members (excludes halogenated alkanes) is 1. The van der Waals surface area contributed by atoms with Crippen molar-refractivity contribution in [3.05, 3.63) is 11.6 Å². The van der Waals surface area contributed by atoms with Gasteiger partial charge in [0.15, 0.2) is 5.13 Å². The topological polar surface area (TPSA) is 45.2 Å². The van der Waals surface area contributed by atoms with Crippen LogP contribution in [0.2, 0.25) is 0 Å². The van der Waals surface area contributed by atoms with Crippen LogP contribution in [0.25, 0.3) is 0 Å². The minimum Gasteiger partial charge on any atom is -0.352 e. The van der Waals surface area contributed by atoms with Crippen molar-refractivity contribution in [2.75, 3.05) is 25.5 Å². The summed E-state index contributed by atoms with van der Waals surface area (Å²) >= 11 is 1.50. The van der Waals surface area contributed by atoms with Crippen LogP contribution in [0.1, 0.15) is 19.8 Å². The van der Waals surface area contributed by atoms with Gasteiger partial charge in [-0.05, 0) is 6.42 Å². The minimum atomic E-state index is 0.110. The average molecular weight is 227 g/mol. The average Bonchev–Trinajstić information content (AvgIpc) is 2.75. The maximum Gasteiger partial charge on any atom is 0.241 e. The molecule has 0 aliphatic rings. The van der Waals surface area contributed by atoms with E-state index in [0.717, 1.165) is 24.5 Å². The largest absolute Gasteiger partial charge is 0.352 e. The predicted octanol–water partition coefficient (Wildman–Crippen LogP) is 1.81. The lowest BCUT2D eigenvalue weighted by atomic mass is 10.3. The summed E-state index contributed by atoms with van der Waals surface area (Å²) in [6.07, 6.45) is 3.88. The third-order valence-electron chi connectivity index (χ3n) is 2.10. The van der Waals surface area contributed by atoms with Gasteiger partial charge in [-0.2, -0.15) is 0 Å². The number of anilines is 1. The van der Waals surface area contributed by atoms with Crippen LogP contribution in [0, 0.1) is 0 Å². The molecule has 0 saturated heterocycles. The van der Waals surface area contributed by atoms with E-state index >= 15 is 0 Å². The van der Waals surface area contributed by atoms with Gasteiger partial charge in [0.25, 0.3) is 0 Å². The molecule has 1 N–H and O–H groups in total. The van der Waals surface area contributed by atoms with Crippen molar-refractivity contribution in [3.8, 4) is 0 Å². The number of thiazole rings is 1. The van der Waals surface area contributed by atoms with E-state index in [9.17, 15) is 4.79 Å². The standard InChI is InChI=1S/C10H17N3OS/c1-3-4-6-13(2)9(14)8-12-10-11-5-7-15-10/h5,7H,3-4,6,8H2,1-2H3,(H,11,12). The van der Waals surface area contributed by atoms with Crippen molar-refractivity contribution >= 4 is 22.4 Å². The summed E-state index contributed by atoms with van der Waals surface area (Å²) in [5.74, 6) is 0.110. The fourth-order valence-electron chi connectivity index (χ4n) is 1.12.